The Hall–Kier alpha value is -0.260. The summed E-state index contributed by atoms with van der Waals surface area (Å²) in [5, 5.41) is 8.72. The van der Waals surface area contributed by atoms with E-state index in [0.29, 0.717) is 4.34 Å². The second-order valence-electron chi connectivity index (χ2n) is 2.51. The minimum Gasteiger partial charge on any atom is -0.309 e. The molecule has 61 valence electrons. The summed E-state index contributed by atoms with van der Waals surface area (Å²) in [5.74, 6) is 0. The van der Waals surface area contributed by atoms with Gasteiger partial charge >= 0.3 is 0 Å². The van der Waals surface area contributed by atoms with Gasteiger partial charge in [0.1, 0.15) is 5.01 Å². The first kappa shape index (κ1) is 8.83. The fourth-order valence-electron chi connectivity index (χ4n) is 0.658. The molecule has 0 aliphatic rings. The number of likely N-dealkylation sites (N-methyl/N-ethyl adjacent to an activating group) is 1. The Morgan fingerprint density at radius 1 is 1.45 bits per heavy atom. The van der Waals surface area contributed by atoms with Crippen molar-refractivity contribution in [1.29, 1.82) is 0 Å². The standard InChI is InChI=1S/C6H10N3S2/c1-9(2)4-3-5-7-8-6(10)11-5/h3-4H2,1-2H3. The molecule has 1 radical (unpaired) electrons. The lowest BCUT2D eigenvalue weighted by molar-refractivity contribution is 0.413. The fourth-order valence-corrected chi connectivity index (χ4v) is 1.55. The Bertz CT molecular complexity index is 221. The fraction of sp³-hybridized carbons (Fsp3) is 0.667. The first-order chi connectivity index (χ1) is 5.18. The lowest BCUT2D eigenvalue weighted by Crippen LogP contribution is -2.14. The summed E-state index contributed by atoms with van der Waals surface area (Å²) >= 11 is 6.34. The maximum atomic E-state index is 4.84. The third-order valence-corrected chi connectivity index (χ3v) is 2.33. The predicted molar refractivity (Wildman–Crippen MR) is 48.0 cm³/mol. The average Bonchev–Trinajstić information content (AvgIpc) is 2.31. The molecule has 0 aromatic carbocycles. The molecule has 1 heterocycles. The summed E-state index contributed by atoms with van der Waals surface area (Å²) in [7, 11) is 4.07. The van der Waals surface area contributed by atoms with Crippen molar-refractivity contribution >= 4 is 24.0 Å². The predicted octanol–water partition coefficient (Wildman–Crippen LogP) is 1.20. The van der Waals surface area contributed by atoms with Gasteiger partial charge in [0.2, 0.25) is 4.34 Å². The molecule has 11 heavy (non-hydrogen) atoms. The molecule has 0 fully saturated rings. The molecule has 0 aliphatic carbocycles. The van der Waals surface area contributed by atoms with Crippen molar-refractivity contribution in [2.45, 2.75) is 10.8 Å². The molecule has 0 aliphatic heterocycles. The lowest BCUT2D eigenvalue weighted by atomic mass is 10.4. The molecule has 0 saturated carbocycles. The average molecular weight is 188 g/mol. The van der Waals surface area contributed by atoms with Crippen LogP contribution in [0.3, 0.4) is 0 Å². The summed E-state index contributed by atoms with van der Waals surface area (Å²) in [5.41, 5.74) is 0. The Kier molecular flexibility index (Phi) is 3.16. The van der Waals surface area contributed by atoms with Gasteiger partial charge in [-0.3, -0.25) is 0 Å². The van der Waals surface area contributed by atoms with Gasteiger partial charge in [0, 0.05) is 13.0 Å². The van der Waals surface area contributed by atoms with E-state index in [9.17, 15) is 0 Å². The second-order valence-corrected chi connectivity index (χ2v) is 4.22. The van der Waals surface area contributed by atoms with E-state index in [1.165, 1.54) is 11.3 Å². The minimum absolute atomic E-state index is 0.638. The van der Waals surface area contributed by atoms with Crippen molar-refractivity contribution in [2.24, 2.45) is 0 Å². The number of aromatic nitrogens is 2. The van der Waals surface area contributed by atoms with Gasteiger partial charge in [0.15, 0.2) is 0 Å². The van der Waals surface area contributed by atoms with E-state index in [1.54, 1.807) is 0 Å². The first-order valence-corrected chi connectivity index (χ1v) is 4.55. The topological polar surface area (TPSA) is 29.0 Å². The zero-order chi connectivity index (χ0) is 8.27. The Labute approximate surface area is 75.9 Å². The zero-order valence-corrected chi connectivity index (χ0v) is 8.21. The highest BCUT2D eigenvalue weighted by atomic mass is 32.2. The van der Waals surface area contributed by atoms with Crippen LogP contribution in [-0.4, -0.2) is 35.7 Å². The van der Waals surface area contributed by atoms with E-state index < -0.39 is 0 Å². The van der Waals surface area contributed by atoms with Crippen LogP contribution in [0.25, 0.3) is 0 Å². The smallest absolute Gasteiger partial charge is 0.204 e. The molecule has 0 unspecified atom stereocenters. The van der Waals surface area contributed by atoms with E-state index in [2.05, 4.69) is 15.1 Å². The molecule has 1 aromatic heterocycles. The Morgan fingerprint density at radius 3 is 2.64 bits per heavy atom. The summed E-state index contributed by atoms with van der Waals surface area (Å²) in [6.45, 7) is 1.00. The van der Waals surface area contributed by atoms with E-state index in [-0.39, 0.29) is 0 Å². The van der Waals surface area contributed by atoms with Crippen molar-refractivity contribution in [2.75, 3.05) is 20.6 Å². The highest BCUT2D eigenvalue weighted by molar-refractivity contribution is 7.82. The van der Waals surface area contributed by atoms with Gasteiger partial charge in [-0.1, -0.05) is 11.3 Å². The van der Waals surface area contributed by atoms with Gasteiger partial charge in [0.05, 0.1) is 0 Å². The van der Waals surface area contributed by atoms with E-state index in [0.717, 1.165) is 18.0 Å². The normalized spacial score (nSPS) is 10.8. The van der Waals surface area contributed by atoms with E-state index in [4.69, 9.17) is 12.6 Å². The van der Waals surface area contributed by atoms with Crippen LogP contribution < -0.4 is 0 Å². The summed E-state index contributed by atoms with van der Waals surface area (Å²) in [4.78, 5) is 2.12. The maximum absolute atomic E-state index is 4.84. The number of hydrogen-bond acceptors (Lipinski definition) is 4. The SMILES string of the molecule is CN(C)CCc1nnc([S])s1. The zero-order valence-electron chi connectivity index (χ0n) is 6.57. The molecular formula is C6H10N3S2. The van der Waals surface area contributed by atoms with Crippen molar-refractivity contribution in [3.63, 3.8) is 0 Å². The largest absolute Gasteiger partial charge is 0.309 e. The third kappa shape index (κ3) is 3.09. The maximum Gasteiger partial charge on any atom is 0.204 e. The van der Waals surface area contributed by atoms with Gasteiger partial charge in [-0.15, -0.1) is 10.2 Å². The number of rotatable bonds is 3. The quantitative estimate of drug-likeness (QED) is 0.713. The monoisotopic (exact) mass is 188 g/mol. The van der Waals surface area contributed by atoms with Gasteiger partial charge in [0.25, 0.3) is 0 Å². The van der Waals surface area contributed by atoms with Gasteiger partial charge in [-0.25, -0.2) is 0 Å². The van der Waals surface area contributed by atoms with Crippen LogP contribution in [0.15, 0.2) is 4.34 Å². The molecule has 0 saturated heterocycles. The van der Waals surface area contributed by atoms with Crippen molar-refractivity contribution in [3.8, 4) is 0 Å². The van der Waals surface area contributed by atoms with E-state index >= 15 is 0 Å². The molecule has 1 aromatic rings. The molecule has 3 nitrogen and oxygen atoms in total. The van der Waals surface area contributed by atoms with Crippen LogP contribution in [0.4, 0.5) is 0 Å². The molecule has 0 atom stereocenters. The second kappa shape index (κ2) is 3.94. The molecule has 0 amide bonds. The van der Waals surface area contributed by atoms with Gasteiger partial charge in [-0.05, 0) is 26.7 Å². The third-order valence-electron chi connectivity index (χ3n) is 1.22. The summed E-state index contributed by atoms with van der Waals surface area (Å²) in [6, 6.07) is 0. The molecule has 0 N–H and O–H groups in total. The van der Waals surface area contributed by atoms with Crippen LogP contribution in [0.5, 0.6) is 0 Å². The molecule has 0 spiro atoms. The van der Waals surface area contributed by atoms with Gasteiger partial charge < -0.3 is 4.90 Å². The van der Waals surface area contributed by atoms with Crippen LogP contribution >= 0.6 is 24.0 Å². The lowest BCUT2D eigenvalue weighted by Gasteiger charge is -2.05. The molecule has 1 rings (SSSR count). The van der Waals surface area contributed by atoms with Crippen molar-refractivity contribution in [1.82, 2.24) is 15.1 Å². The number of hydrogen-bond donors (Lipinski definition) is 0. The van der Waals surface area contributed by atoms with E-state index in [1.807, 2.05) is 14.1 Å². The summed E-state index contributed by atoms with van der Waals surface area (Å²) in [6.07, 6.45) is 0.946. The first-order valence-electron chi connectivity index (χ1n) is 3.32. The van der Waals surface area contributed by atoms with Crippen LogP contribution in [0, 0.1) is 0 Å². The molecule has 0 bridgehead atoms. The molecular weight excluding hydrogens is 178 g/mol. The highest BCUT2D eigenvalue weighted by Crippen LogP contribution is 2.13. The van der Waals surface area contributed by atoms with Crippen LogP contribution in [0.2, 0.25) is 0 Å². The van der Waals surface area contributed by atoms with Crippen molar-refractivity contribution < 1.29 is 0 Å². The molecule has 5 heteroatoms. The van der Waals surface area contributed by atoms with Gasteiger partial charge in [-0.2, -0.15) is 0 Å². The Balaban J connectivity index is 2.39. The minimum atomic E-state index is 0.638. The van der Waals surface area contributed by atoms with Crippen LogP contribution in [0.1, 0.15) is 5.01 Å². The van der Waals surface area contributed by atoms with Crippen LogP contribution in [-0.2, 0) is 6.42 Å². The Morgan fingerprint density at radius 2 is 2.18 bits per heavy atom. The highest BCUT2D eigenvalue weighted by Gasteiger charge is 2.00. The summed E-state index contributed by atoms with van der Waals surface area (Å²) < 4.78 is 0.638. The van der Waals surface area contributed by atoms with Crippen molar-refractivity contribution in [3.05, 3.63) is 5.01 Å². The number of nitrogens with zero attached hydrogens (tertiary/aromatic N) is 3.